The molecule has 0 bridgehead atoms. The first-order chi connectivity index (χ1) is 15.9. The minimum atomic E-state index is -0.646. The van der Waals surface area contributed by atoms with Crippen molar-refractivity contribution in [3.05, 3.63) is 83.4 Å². The molecule has 3 aromatic carbocycles. The summed E-state index contributed by atoms with van der Waals surface area (Å²) in [4.78, 5) is 41.6. The Morgan fingerprint density at radius 3 is 2.18 bits per heavy atom. The highest BCUT2D eigenvalue weighted by Gasteiger charge is 2.30. The number of aryl methyl sites for hydroxylation is 1. The molecule has 0 aliphatic carbocycles. The van der Waals surface area contributed by atoms with Gasteiger partial charge in [0, 0.05) is 45.1 Å². The number of hydrogen-bond donors (Lipinski definition) is 1. The lowest BCUT2D eigenvalue weighted by Gasteiger charge is -2.36. The maximum Gasteiger partial charge on any atom is 0.253 e. The highest BCUT2D eigenvalue weighted by atomic mass is 16.2. The molecule has 0 aromatic heterocycles. The van der Waals surface area contributed by atoms with Crippen molar-refractivity contribution in [1.29, 1.82) is 0 Å². The van der Waals surface area contributed by atoms with Crippen LogP contribution in [0.1, 0.15) is 28.4 Å². The maximum absolute atomic E-state index is 13.4. The first-order valence-electron chi connectivity index (χ1n) is 11.3. The topological polar surface area (TPSA) is 69.7 Å². The molecule has 1 heterocycles. The molecule has 3 aromatic rings. The van der Waals surface area contributed by atoms with Gasteiger partial charge in [0.25, 0.3) is 5.91 Å². The third kappa shape index (κ3) is 5.22. The largest absolute Gasteiger partial charge is 0.344 e. The van der Waals surface area contributed by atoms with E-state index < -0.39 is 6.04 Å². The predicted molar refractivity (Wildman–Crippen MR) is 129 cm³/mol. The van der Waals surface area contributed by atoms with Crippen LogP contribution in [0.15, 0.2) is 66.7 Å². The summed E-state index contributed by atoms with van der Waals surface area (Å²) in [7, 11) is 0. The quantitative estimate of drug-likeness (QED) is 0.659. The summed E-state index contributed by atoms with van der Waals surface area (Å²) in [5.74, 6) is -0.362. The summed E-state index contributed by atoms with van der Waals surface area (Å²) in [6, 6.07) is 20.9. The lowest BCUT2D eigenvalue weighted by molar-refractivity contribution is -0.137. The Hall–Kier alpha value is -3.67. The van der Waals surface area contributed by atoms with E-state index in [0.29, 0.717) is 38.2 Å². The van der Waals surface area contributed by atoms with Crippen LogP contribution < -0.4 is 5.32 Å². The molecule has 6 nitrogen and oxygen atoms in total. The third-order valence-corrected chi connectivity index (χ3v) is 6.16. The van der Waals surface area contributed by atoms with Gasteiger partial charge in [0.1, 0.15) is 6.04 Å². The number of nitrogens with one attached hydrogen (secondary N) is 1. The summed E-state index contributed by atoms with van der Waals surface area (Å²) in [6.07, 6.45) is 0.419. The number of benzene rings is 3. The van der Waals surface area contributed by atoms with Gasteiger partial charge < -0.3 is 15.1 Å². The van der Waals surface area contributed by atoms with Gasteiger partial charge in [0.2, 0.25) is 11.8 Å². The van der Waals surface area contributed by atoms with E-state index in [1.165, 1.54) is 6.92 Å². The highest BCUT2D eigenvalue weighted by Crippen LogP contribution is 2.21. The van der Waals surface area contributed by atoms with Crippen LogP contribution in [0.25, 0.3) is 10.8 Å². The fraction of sp³-hybridized carbons (Fsp3) is 0.296. The van der Waals surface area contributed by atoms with Crippen LogP contribution in [-0.2, 0) is 16.0 Å². The Labute approximate surface area is 194 Å². The Kier molecular flexibility index (Phi) is 6.73. The molecule has 1 saturated heterocycles. The first-order valence-corrected chi connectivity index (χ1v) is 11.3. The van der Waals surface area contributed by atoms with Crippen LogP contribution in [0.3, 0.4) is 0 Å². The second-order valence-electron chi connectivity index (χ2n) is 8.58. The molecule has 1 aliphatic heterocycles. The molecule has 3 amide bonds. The SMILES string of the molecule is CC(=O)NC(Cc1cccc2ccccc12)C(=O)N1CCN(C(=O)c2ccc(C)cc2)CC1. The minimum absolute atomic E-state index is 0.0173. The fourth-order valence-corrected chi connectivity index (χ4v) is 4.36. The zero-order chi connectivity index (χ0) is 23.4. The normalized spacial score (nSPS) is 14.7. The van der Waals surface area contributed by atoms with E-state index in [-0.39, 0.29) is 17.7 Å². The lowest BCUT2D eigenvalue weighted by Crippen LogP contribution is -2.56. The van der Waals surface area contributed by atoms with Gasteiger partial charge in [-0.25, -0.2) is 0 Å². The van der Waals surface area contributed by atoms with E-state index in [1.54, 1.807) is 9.80 Å². The van der Waals surface area contributed by atoms with Crippen LogP contribution in [0.2, 0.25) is 0 Å². The molecular weight excluding hydrogens is 414 g/mol. The van der Waals surface area contributed by atoms with E-state index in [1.807, 2.05) is 73.7 Å². The van der Waals surface area contributed by atoms with E-state index in [4.69, 9.17) is 0 Å². The van der Waals surface area contributed by atoms with Crippen molar-refractivity contribution in [3.8, 4) is 0 Å². The molecule has 1 atom stereocenters. The number of carbonyl (C=O) groups is 3. The van der Waals surface area contributed by atoms with Crippen LogP contribution in [0.4, 0.5) is 0 Å². The van der Waals surface area contributed by atoms with Crippen molar-refractivity contribution < 1.29 is 14.4 Å². The number of piperazine rings is 1. The fourth-order valence-electron chi connectivity index (χ4n) is 4.36. The average molecular weight is 444 g/mol. The Bertz CT molecular complexity index is 1160. The van der Waals surface area contributed by atoms with Crippen LogP contribution in [0.5, 0.6) is 0 Å². The monoisotopic (exact) mass is 443 g/mol. The summed E-state index contributed by atoms with van der Waals surface area (Å²) in [5, 5.41) is 5.03. The van der Waals surface area contributed by atoms with Gasteiger partial charge in [-0.3, -0.25) is 14.4 Å². The molecule has 33 heavy (non-hydrogen) atoms. The summed E-state index contributed by atoms with van der Waals surface area (Å²) in [5.41, 5.74) is 2.79. The molecule has 6 heteroatoms. The molecule has 0 radical (unpaired) electrons. The second kappa shape index (κ2) is 9.86. The van der Waals surface area contributed by atoms with Crippen LogP contribution in [-0.4, -0.2) is 59.7 Å². The van der Waals surface area contributed by atoms with Gasteiger partial charge in [-0.05, 0) is 35.4 Å². The van der Waals surface area contributed by atoms with Gasteiger partial charge >= 0.3 is 0 Å². The second-order valence-corrected chi connectivity index (χ2v) is 8.58. The van der Waals surface area contributed by atoms with Crippen LogP contribution >= 0.6 is 0 Å². The molecule has 4 rings (SSSR count). The zero-order valence-corrected chi connectivity index (χ0v) is 19.1. The molecule has 1 unspecified atom stereocenters. The number of amides is 3. The molecule has 0 spiro atoms. The molecule has 1 fully saturated rings. The number of nitrogens with zero attached hydrogens (tertiary/aromatic N) is 2. The highest BCUT2D eigenvalue weighted by molar-refractivity contribution is 5.94. The minimum Gasteiger partial charge on any atom is -0.344 e. The van der Waals surface area contributed by atoms with Crippen molar-refractivity contribution in [1.82, 2.24) is 15.1 Å². The lowest BCUT2D eigenvalue weighted by atomic mass is 9.98. The number of rotatable bonds is 5. The zero-order valence-electron chi connectivity index (χ0n) is 19.1. The summed E-state index contributed by atoms with van der Waals surface area (Å²) in [6.45, 7) is 5.26. The Balaban J connectivity index is 1.45. The standard InChI is InChI=1S/C27H29N3O3/c1-19-10-12-22(13-11-19)26(32)29-14-16-30(17-15-29)27(33)25(28-20(2)31)18-23-8-5-7-21-6-3-4-9-24(21)23/h3-13,25H,14-18H2,1-2H3,(H,28,31). The van der Waals surface area contributed by atoms with E-state index in [9.17, 15) is 14.4 Å². The number of carbonyl (C=O) groups excluding carboxylic acids is 3. The van der Waals surface area contributed by atoms with Crippen molar-refractivity contribution in [2.75, 3.05) is 26.2 Å². The van der Waals surface area contributed by atoms with E-state index >= 15 is 0 Å². The van der Waals surface area contributed by atoms with Crippen molar-refractivity contribution in [2.45, 2.75) is 26.3 Å². The first kappa shape index (κ1) is 22.5. The molecular formula is C27H29N3O3. The van der Waals surface area contributed by atoms with Gasteiger partial charge in [-0.15, -0.1) is 0 Å². The smallest absolute Gasteiger partial charge is 0.253 e. The molecule has 1 N–H and O–H groups in total. The van der Waals surface area contributed by atoms with E-state index in [0.717, 1.165) is 21.9 Å². The molecule has 1 aliphatic rings. The van der Waals surface area contributed by atoms with Crippen molar-refractivity contribution >= 4 is 28.5 Å². The number of fused-ring (bicyclic) bond motifs is 1. The molecule has 170 valence electrons. The Morgan fingerprint density at radius 2 is 1.48 bits per heavy atom. The van der Waals surface area contributed by atoms with Crippen molar-refractivity contribution in [3.63, 3.8) is 0 Å². The predicted octanol–water partition coefficient (Wildman–Crippen LogP) is 3.18. The Morgan fingerprint density at radius 1 is 0.848 bits per heavy atom. The third-order valence-electron chi connectivity index (χ3n) is 6.16. The van der Waals surface area contributed by atoms with Gasteiger partial charge in [-0.2, -0.15) is 0 Å². The van der Waals surface area contributed by atoms with Crippen LogP contribution in [0, 0.1) is 6.92 Å². The maximum atomic E-state index is 13.4. The van der Waals surface area contributed by atoms with Gasteiger partial charge in [0.15, 0.2) is 0 Å². The molecule has 0 saturated carbocycles. The van der Waals surface area contributed by atoms with E-state index in [2.05, 4.69) is 5.32 Å². The van der Waals surface area contributed by atoms with Gasteiger partial charge in [-0.1, -0.05) is 60.2 Å². The average Bonchev–Trinajstić information content (AvgIpc) is 2.83. The number of hydrogen-bond acceptors (Lipinski definition) is 3. The summed E-state index contributed by atoms with van der Waals surface area (Å²) >= 11 is 0. The van der Waals surface area contributed by atoms with Crippen molar-refractivity contribution in [2.24, 2.45) is 0 Å². The summed E-state index contributed by atoms with van der Waals surface area (Å²) < 4.78 is 0. The van der Waals surface area contributed by atoms with Gasteiger partial charge in [0.05, 0.1) is 0 Å².